The number of unbranched alkanes of at least 4 members (excludes halogenated alkanes) is 7. The van der Waals surface area contributed by atoms with Gasteiger partial charge < -0.3 is 31.5 Å². The summed E-state index contributed by atoms with van der Waals surface area (Å²) in [6.45, 7) is 1.81. The maximum atomic E-state index is 13.0. The third-order valence-corrected chi connectivity index (χ3v) is 10.2. The van der Waals surface area contributed by atoms with Crippen LogP contribution in [0.4, 0.5) is 22.7 Å². The number of carbonyl (C=O) groups excluding carboxylic acids is 5. The number of carbonyl (C=O) groups is 5. The molecule has 1 fully saturated rings. The molecule has 3 aromatic carbocycles. The Balaban J connectivity index is 0.835. The van der Waals surface area contributed by atoms with Crippen molar-refractivity contribution in [2.45, 2.75) is 76.8 Å². The van der Waals surface area contributed by atoms with Crippen molar-refractivity contribution in [1.29, 1.82) is 0 Å². The number of nitrogens with zero attached hydrogens (tertiary/aromatic N) is 2. The van der Waals surface area contributed by atoms with Crippen molar-refractivity contribution in [2.24, 2.45) is 0 Å². The number of hydrogen-bond donors (Lipinski definition) is 6. The molecule has 4 aromatic rings. The van der Waals surface area contributed by atoms with Crippen LogP contribution >= 0.6 is 0 Å². The Bertz CT molecular complexity index is 2020. The zero-order valence-electron chi connectivity index (χ0n) is 31.3. The Hall–Kier alpha value is -5.98. The van der Waals surface area contributed by atoms with Gasteiger partial charge in [-0.15, -0.1) is 0 Å². The maximum absolute atomic E-state index is 13.0. The zero-order valence-corrected chi connectivity index (χ0v) is 31.3. The normalized spacial score (nSPS) is 15.0. The van der Waals surface area contributed by atoms with Crippen LogP contribution in [0.15, 0.2) is 72.9 Å². The number of nitrogens with one attached hydrogen (secondary N) is 6. The predicted octanol–water partition coefficient (Wildman–Crippen LogP) is 5.86. The van der Waals surface area contributed by atoms with Gasteiger partial charge in [0.25, 0.3) is 11.8 Å². The Labute approximate surface area is 321 Å². The van der Waals surface area contributed by atoms with Crippen molar-refractivity contribution >= 4 is 63.2 Å². The highest BCUT2D eigenvalue weighted by Crippen LogP contribution is 2.33. The summed E-state index contributed by atoms with van der Waals surface area (Å²) in [6, 6.07) is 20.5. The summed E-state index contributed by atoms with van der Waals surface area (Å²) >= 11 is 0. The number of amides is 5. The van der Waals surface area contributed by atoms with Crippen LogP contribution in [0.3, 0.4) is 0 Å². The quantitative estimate of drug-likeness (QED) is 0.0508. The summed E-state index contributed by atoms with van der Waals surface area (Å²) in [4.78, 5) is 68.2. The SMILES string of the molecule is CNC(=O)c1cnc2ccc(NCCCCCCCCCCNC(=O)CNc3cccc4c3CN(C3CCC(=O)NC3=O)C4=O)cc2c1Nc1ccccc1. The number of piperidine rings is 1. The molecular formula is C42H50N8O5. The number of hydrogen-bond acceptors (Lipinski definition) is 9. The molecule has 1 atom stereocenters. The number of rotatable bonds is 19. The minimum absolute atomic E-state index is 0.0844. The number of benzene rings is 3. The third kappa shape index (κ3) is 9.97. The lowest BCUT2D eigenvalue weighted by molar-refractivity contribution is -0.137. The number of anilines is 4. The van der Waals surface area contributed by atoms with Gasteiger partial charge in [-0.3, -0.25) is 34.3 Å². The standard InChI is InChI=1S/C42H50N8O5/c1-43-40(53)32-25-46-35-19-18-29(24-31(35)39(32)48-28-14-9-8-10-15-28)44-22-11-6-4-2-3-5-7-12-23-45-38(52)26-47-34-17-13-16-30-33(34)27-50(42(30)55)36-20-21-37(51)49-41(36)54/h8-10,13-19,24-25,36,44,47H,2-7,11-12,20-23,26-27H2,1H3,(H,43,53)(H,45,52)(H,46,48)(H,49,51,54). The Kier molecular flexibility index (Phi) is 13.3. The van der Waals surface area contributed by atoms with E-state index in [-0.39, 0.29) is 43.1 Å². The minimum Gasteiger partial charge on any atom is -0.385 e. The summed E-state index contributed by atoms with van der Waals surface area (Å²) in [5.41, 5.74) is 5.87. The average molecular weight is 747 g/mol. The van der Waals surface area contributed by atoms with Gasteiger partial charge in [0.05, 0.1) is 23.3 Å². The van der Waals surface area contributed by atoms with Gasteiger partial charge in [-0.05, 0) is 61.7 Å². The van der Waals surface area contributed by atoms with Crippen molar-refractivity contribution in [3.63, 3.8) is 0 Å². The van der Waals surface area contributed by atoms with E-state index in [2.05, 4.69) is 43.0 Å². The Morgan fingerprint density at radius 2 is 1.58 bits per heavy atom. The summed E-state index contributed by atoms with van der Waals surface area (Å²) in [7, 11) is 1.62. The van der Waals surface area contributed by atoms with E-state index in [4.69, 9.17) is 0 Å². The Morgan fingerprint density at radius 1 is 0.836 bits per heavy atom. The highest BCUT2D eigenvalue weighted by atomic mass is 16.2. The smallest absolute Gasteiger partial charge is 0.255 e. The molecular weight excluding hydrogens is 697 g/mol. The number of para-hydroxylation sites is 1. The van der Waals surface area contributed by atoms with E-state index in [1.807, 2.05) is 48.5 Å². The van der Waals surface area contributed by atoms with E-state index in [0.717, 1.165) is 72.2 Å². The summed E-state index contributed by atoms with van der Waals surface area (Å²) in [5, 5.41) is 19.0. The van der Waals surface area contributed by atoms with Gasteiger partial charge in [0.1, 0.15) is 6.04 Å². The van der Waals surface area contributed by atoms with Gasteiger partial charge in [0, 0.05) is 72.9 Å². The predicted molar refractivity (Wildman–Crippen MR) is 214 cm³/mol. The third-order valence-electron chi connectivity index (χ3n) is 10.2. The van der Waals surface area contributed by atoms with Crippen LogP contribution in [0.1, 0.15) is 90.5 Å². The molecule has 2 aliphatic heterocycles. The molecule has 5 amide bonds. The van der Waals surface area contributed by atoms with E-state index in [9.17, 15) is 24.0 Å². The fourth-order valence-corrected chi connectivity index (χ4v) is 7.17. The van der Waals surface area contributed by atoms with Crippen molar-refractivity contribution in [1.82, 2.24) is 25.8 Å². The molecule has 0 bridgehead atoms. The van der Waals surface area contributed by atoms with Crippen LogP contribution in [0.2, 0.25) is 0 Å². The lowest BCUT2D eigenvalue weighted by atomic mass is 10.0. The van der Waals surface area contributed by atoms with Gasteiger partial charge in [0.2, 0.25) is 17.7 Å². The van der Waals surface area contributed by atoms with E-state index in [0.29, 0.717) is 29.8 Å². The first-order chi connectivity index (χ1) is 26.8. The van der Waals surface area contributed by atoms with Crippen LogP contribution in [-0.4, -0.2) is 72.1 Å². The molecule has 288 valence electrons. The van der Waals surface area contributed by atoms with Crippen molar-refractivity contribution in [2.75, 3.05) is 42.6 Å². The average Bonchev–Trinajstić information content (AvgIpc) is 3.53. The van der Waals surface area contributed by atoms with Gasteiger partial charge in [-0.2, -0.15) is 0 Å². The largest absolute Gasteiger partial charge is 0.385 e. The summed E-state index contributed by atoms with van der Waals surface area (Å²) in [6.07, 6.45) is 10.9. The van der Waals surface area contributed by atoms with Crippen LogP contribution in [0, 0.1) is 0 Å². The fourth-order valence-electron chi connectivity index (χ4n) is 7.17. The van der Waals surface area contributed by atoms with Crippen molar-refractivity contribution in [3.8, 4) is 0 Å². The molecule has 1 aromatic heterocycles. The van der Waals surface area contributed by atoms with Crippen LogP contribution < -0.4 is 31.9 Å². The molecule has 3 heterocycles. The van der Waals surface area contributed by atoms with Crippen molar-refractivity contribution < 1.29 is 24.0 Å². The highest BCUT2D eigenvalue weighted by Gasteiger charge is 2.39. The van der Waals surface area contributed by atoms with Gasteiger partial charge in [0.15, 0.2) is 0 Å². The van der Waals surface area contributed by atoms with Crippen LogP contribution in [0.5, 0.6) is 0 Å². The number of imide groups is 1. The molecule has 0 spiro atoms. The van der Waals surface area contributed by atoms with E-state index in [1.54, 1.807) is 25.4 Å². The van der Waals surface area contributed by atoms with Gasteiger partial charge in [-0.25, -0.2) is 0 Å². The molecule has 0 radical (unpaired) electrons. The molecule has 0 saturated carbocycles. The van der Waals surface area contributed by atoms with Gasteiger partial charge in [-0.1, -0.05) is 62.8 Å². The van der Waals surface area contributed by atoms with Gasteiger partial charge >= 0.3 is 0 Å². The molecule has 0 aliphatic carbocycles. The second-order valence-corrected chi connectivity index (χ2v) is 14.0. The topological polar surface area (TPSA) is 174 Å². The molecule has 55 heavy (non-hydrogen) atoms. The second kappa shape index (κ2) is 18.9. The summed E-state index contributed by atoms with van der Waals surface area (Å²) < 4.78 is 0. The summed E-state index contributed by atoms with van der Waals surface area (Å²) in [5.74, 6) is -1.31. The molecule has 1 saturated heterocycles. The molecule has 1 unspecified atom stereocenters. The monoisotopic (exact) mass is 746 g/mol. The zero-order chi connectivity index (χ0) is 38.6. The molecule has 6 N–H and O–H groups in total. The van der Waals surface area contributed by atoms with Crippen LogP contribution in [0.25, 0.3) is 10.9 Å². The van der Waals surface area contributed by atoms with E-state index < -0.39 is 11.9 Å². The fraction of sp³-hybridized carbons (Fsp3) is 0.381. The lowest BCUT2D eigenvalue weighted by Crippen LogP contribution is -2.52. The van der Waals surface area contributed by atoms with Crippen molar-refractivity contribution in [3.05, 3.63) is 89.6 Å². The first kappa shape index (κ1) is 38.7. The molecule has 13 heteroatoms. The van der Waals surface area contributed by atoms with E-state index in [1.165, 1.54) is 24.2 Å². The Morgan fingerprint density at radius 3 is 2.33 bits per heavy atom. The molecule has 6 rings (SSSR count). The highest BCUT2D eigenvalue weighted by molar-refractivity contribution is 6.09. The number of aromatic nitrogens is 1. The number of fused-ring (bicyclic) bond motifs is 2. The molecule has 2 aliphatic rings. The lowest BCUT2D eigenvalue weighted by Gasteiger charge is -2.29. The van der Waals surface area contributed by atoms with Crippen LogP contribution in [-0.2, 0) is 20.9 Å². The second-order valence-electron chi connectivity index (χ2n) is 14.0. The van der Waals surface area contributed by atoms with E-state index >= 15 is 0 Å². The first-order valence-electron chi connectivity index (χ1n) is 19.3. The molecule has 13 nitrogen and oxygen atoms in total. The maximum Gasteiger partial charge on any atom is 0.255 e. The first-order valence-corrected chi connectivity index (χ1v) is 19.3. The minimum atomic E-state index is -0.677. The number of pyridine rings is 1.